The van der Waals surface area contributed by atoms with Gasteiger partial charge in [0.15, 0.2) is 0 Å². The molecule has 3 aromatic rings. The summed E-state index contributed by atoms with van der Waals surface area (Å²) in [4.78, 5) is 6.59. The first-order valence-electron chi connectivity index (χ1n) is 9.51. The minimum absolute atomic E-state index is 0.197. The fraction of sp³-hybridized carbons (Fsp3) is 0.261. The predicted molar refractivity (Wildman–Crippen MR) is 108 cm³/mol. The van der Waals surface area contributed by atoms with Crippen LogP contribution in [0.4, 0.5) is 10.1 Å². The zero-order chi connectivity index (χ0) is 18.5. The molecule has 138 valence electrons. The Morgan fingerprint density at radius 1 is 0.963 bits per heavy atom. The Bertz CT molecular complexity index is 856. The average molecular weight is 361 g/mol. The van der Waals surface area contributed by atoms with Crippen molar-refractivity contribution in [3.8, 4) is 11.1 Å². The van der Waals surface area contributed by atoms with Crippen molar-refractivity contribution in [2.24, 2.45) is 0 Å². The van der Waals surface area contributed by atoms with Gasteiger partial charge in [-0.15, -0.1) is 0 Å². The number of nitrogens with zero attached hydrogens (tertiary/aromatic N) is 2. The Hall–Kier alpha value is -2.72. The number of hydrogen-bond donors (Lipinski definition) is 1. The van der Waals surface area contributed by atoms with E-state index in [4.69, 9.17) is 0 Å². The van der Waals surface area contributed by atoms with E-state index in [0.717, 1.165) is 43.6 Å². The molecular formula is C23H24FN3. The molecule has 0 saturated carbocycles. The third kappa shape index (κ3) is 4.52. The van der Waals surface area contributed by atoms with Crippen molar-refractivity contribution in [1.29, 1.82) is 0 Å². The average Bonchev–Trinajstić information content (AvgIpc) is 2.74. The van der Waals surface area contributed by atoms with Crippen LogP contribution < -0.4 is 10.2 Å². The molecule has 2 aromatic carbocycles. The second-order valence-corrected chi connectivity index (χ2v) is 7.06. The SMILES string of the molecule is Fc1cccc(-c2ccc(N3CCC(NCc4cccnc4)CC3)cc2)c1. The highest BCUT2D eigenvalue weighted by Gasteiger charge is 2.19. The highest BCUT2D eigenvalue weighted by molar-refractivity contribution is 5.66. The van der Waals surface area contributed by atoms with Gasteiger partial charge in [0.1, 0.15) is 5.82 Å². The molecule has 4 heteroatoms. The number of anilines is 1. The topological polar surface area (TPSA) is 28.2 Å². The van der Waals surface area contributed by atoms with Crippen LogP contribution in [0.2, 0.25) is 0 Å². The van der Waals surface area contributed by atoms with Gasteiger partial charge in [0.25, 0.3) is 0 Å². The fourth-order valence-electron chi connectivity index (χ4n) is 3.64. The molecule has 0 atom stereocenters. The molecule has 0 spiro atoms. The van der Waals surface area contributed by atoms with Crippen molar-refractivity contribution in [2.75, 3.05) is 18.0 Å². The third-order valence-electron chi connectivity index (χ3n) is 5.20. The minimum atomic E-state index is -0.197. The molecule has 3 nitrogen and oxygen atoms in total. The highest BCUT2D eigenvalue weighted by Crippen LogP contribution is 2.25. The van der Waals surface area contributed by atoms with E-state index in [1.54, 1.807) is 12.1 Å². The van der Waals surface area contributed by atoms with Crippen molar-refractivity contribution in [1.82, 2.24) is 10.3 Å². The zero-order valence-electron chi connectivity index (χ0n) is 15.3. The van der Waals surface area contributed by atoms with Gasteiger partial charge < -0.3 is 10.2 Å². The summed E-state index contributed by atoms with van der Waals surface area (Å²) in [5.74, 6) is -0.197. The molecule has 1 N–H and O–H groups in total. The predicted octanol–water partition coefficient (Wildman–Crippen LogP) is 4.65. The first-order valence-corrected chi connectivity index (χ1v) is 9.51. The lowest BCUT2D eigenvalue weighted by Crippen LogP contribution is -2.42. The van der Waals surface area contributed by atoms with Crippen molar-refractivity contribution < 1.29 is 4.39 Å². The monoisotopic (exact) mass is 361 g/mol. The Morgan fingerprint density at radius 2 is 1.78 bits per heavy atom. The maximum atomic E-state index is 13.4. The maximum Gasteiger partial charge on any atom is 0.123 e. The van der Waals surface area contributed by atoms with Gasteiger partial charge in [-0.05, 0) is 59.9 Å². The van der Waals surface area contributed by atoms with Gasteiger partial charge >= 0.3 is 0 Å². The number of pyridine rings is 1. The molecule has 1 aliphatic heterocycles. The van der Waals surface area contributed by atoms with E-state index in [-0.39, 0.29) is 5.82 Å². The van der Waals surface area contributed by atoms with Crippen molar-refractivity contribution in [2.45, 2.75) is 25.4 Å². The van der Waals surface area contributed by atoms with Crippen LogP contribution in [0.15, 0.2) is 73.1 Å². The number of rotatable bonds is 5. The van der Waals surface area contributed by atoms with Crippen LogP contribution in [0.3, 0.4) is 0 Å². The van der Waals surface area contributed by atoms with Crippen LogP contribution in [0.5, 0.6) is 0 Å². The normalized spacial score (nSPS) is 15.1. The zero-order valence-corrected chi connectivity index (χ0v) is 15.3. The molecule has 0 aliphatic carbocycles. The summed E-state index contributed by atoms with van der Waals surface area (Å²) >= 11 is 0. The van der Waals surface area contributed by atoms with E-state index in [1.165, 1.54) is 17.3 Å². The van der Waals surface area contributed by atoms with Gasteiger partial charge in [-0.2, -0.15) is 0 Å². The molecule has 0 bridgehead atoms. The lowest BCUT2D eigenvalue weighted by atomic mass is 10.0. The van der Waals surface area contributed by atoms with E-state index < -0.39 is 0 Å². The lowest BCUT2D eigenvalue weighted by molar-refractivity contribution is 0.414. The standard InChI is InChI=1S/C23H24FN3/c24-21-5-1-4-20(15-21)19-6-8-23(9-7-19)27-13-10-22(11-14-27)26-17-18-3-2-12-25-16-18/h1-9,12,15-16,22,26H,10-11,13-14,17H2. The summed E-state index contributed by atoms with van der Waals surface area (Å²) < 4.78 is 13.4. The number of hydrogen-bond acceptors (Lipinski definition) is 3. The number of piperidine rings is 1. The van der Waals surface area contributed by atoms with Crippen LogP contribution in [-0.4, -0.2) is 24.1 Å². The summed E-state index contributed by atoms with van der Waals surface area (Å²) in [7, 11) is 0. The first-order chi connectivity index (χ1) is 13.3. The van der Waals surface area contributed by atoms with Gasteiger partial charge in [0, 0.05) is 43.8 Å². The molecule has 0 unspecified atom stereocenters. The lowest BCUT2D eigenvalue weighted by Gasteiger charge is -2.34. The molecule has 2 heterocycles. The Labute approximate surface area is 159 Å². The quantitative estimate of drug-likeness (QED) is 0.717. The molecule has 27 heavy (non-hydrogen) atoms. The van der Waals surface area contributed by atoms with Gasteiger partial charge in [-0.3, -0.25) is 4.98 Å². The second kappa shape index (κ2) is 8.31. The van der Waals surface area contributed by atoms with Gasteiger partial charge in [-0.1, -0.05) is 30.3 Å². The molecule has 1 saturated heterocycles. The van der Waals surface area contributed by atoms with Crippen LogP contribution in [-0.2, 0) is 6.54 Å². The Morgan fingerprint density at radius 3 is 2.48 bits per heavy atom. The van der Waals surface area contributed by atoms with Crippen molar-refractivity contribution in [3.63, 3.8) is 0 Å². The third-order valence-corrected chi connectivity index (χ3v) is 5.20. The van der Waals surface area contributed by atoms with Crippen LogP contribution in [0, 0.1) is 5.82 Å². The molecule has 1 fully saturated rings. The number of nitrogens with one attached hydrogen (secondary N) is 1. The first kappa shape index (κ1) is 17.7. The summed E-state index contributed by atoms with van der Waals surface area (Å²) in [5, 5.41) is 3.64. The molecule has 0 amide bonds. The van der Waals surface area contributed by atoms with Crippen LogP contribution >= 0.6 is 0 Å². The Balaban J connectivity index is 1.31. The van der Waals surface area contributed by atoms with E-state index in [0.29, 0.717) is 6.04 Å². The van der Waals surface area contributed by atoms with Crippen LogP contribution in [0.1, 0.15) is 18.4 Å². The molecule has 0 radical (unpaired) electrons. The maximum absolute atomic E-state index is 13.4. The highest BCUT2D eigenvalue weighted by atomic mass is 19.1. The number of benzene rings is 2. The Kier molecular flexibility index (Phi) is 5.45. The summed E-state index contributed by atoms with van der Waals surface area (Å²) in [5.41, 5.74) is 4.43. The van der Waals surface area contributed by atoms with Crippen molar-refractivity contribution in [3.05, 3.63) is 84.4 Å². The number of halogens is 1. The van der Waals surface area contributed by atoms with Crippen LogP contribution in [0.25, 0.3) is 11.1 Å². The molecule has 1 aromatic heterocycles. The van der Waals surface area contributed by atoms with E-state index >= 15 is 0 Å². The van der Waals surface area contributed by atoms with E-state index in [1.807, 2.05) is 24.5 Å². The summed E-state index contributed by atoms with van der Waals surface area (Å²) in [6.07, 6.45) is 5.99. The summed E-state index contributed by atoms with van der Waals surface area (Å²) in [6.45, 7) is 2.97. The largest absolute Gasteiger partial charge is 0.371 e. The van der Waals surface area contributed by atoms with Crippen molar-refractivity contribution >= 4 is 5.69 Å². The summed E-state index contributed by atoms with van der Waals surface area (Å²) in [6, 6.07) is 19.8. The van der Waals surface area contributed by atoms with Gasteiger partial charge in [0.05, 0.1) is 0 Å². The fourth-order valence-corrected chi connectivity index (χ4v) is 3.64. The van der Waals surface area contributed by atoms with E-state index in [2.05, 4.69) is 45.5 Å². The van der Waals surface area contributed by atoms with Gasteiger partial charge in [-0.25, -0.2) is 4.39 Å². The molecule has 1 aliphatic rings. The van der Waals surface area contributed by atoms with E-state index in [9.17, 15) is 4.39 Å². The molecular weight excluding hydrogens is 337 g/mol. The smallest absolute Gasteiger partial charge is 0.123 e. The number of aromatic nitrogens is 1. The minimum Gasteiger partial charge on any atom is -0.371 e. The second-order valence-electron chi connectivity index (χ2n) is 7.06. The van der Waals surface area contributed by atoms with Gasteiger partial charge in [0.2, 0.25) is 0 Å². The molecule has 4 rings (SSSR count).